The summed E-state index contributed by atoms with van der Waals surface area (Å²) in [6.45, 7) is 3.99. The van der Waals surface area contributed by atoms with Crippen molar-refractivity contribution in [1.29, 1.82) is 0 Å². The molecular weight excluding hydrogens is 396 g/mol. The molecule has 2 aromatic heterocycles. The summed E-state index contributed by atoms with van der Waals surface area (Å²) in [6, 6.07) is 15.6. The van der Waals surface area contributed by atoms with Gasteiger partial charge in [0.2, 0.25) is 11.8 Å². The predicted octanol–water partition coefficient (Wildman–Crippen LogP) is 5.04. The number of benzene rings is 2. The number of nitrogens with one attached hydrogen (secondary N) is 1. The van der Waals surface area contributed by atoms with E-state index in [2.05, 4.69) is 15.2 Å². The lowest BCUT2D eigenvalue weighted by Crippen LogP contribution is -2.16. The first-order chi connectivity index (χ1) is 14.7. The van der Waals surface area contributed by atoms with E-state index in [0.717, 1.165) is 39.7 Å². The zero-order valence-corrected chi connectivity index (χ0v) is 17.5. The number of rotatable bonds is 5. The van der Waals surface area contributed by atoms with Gasteiger partial charge in [-0.25, -0.2) is 9.97 Å². The highest BCUT2D eigenvalue weighted by atomic mass is 32.1. The topological polar surface area (TPSA) is 71.3 Å². The minimum atomic E-state index is -0.116. The lowest BCUT2D eigenvalue weighted by Gasteiger charge is -2.11. The number of fused-ring (bicyclic) bond motifs is 1. The summed E-state index contributed by atoms with van der Waals surface area (Å²) in [5.74, 6) is 1.09. The van der Waals surface area contributed by atoms with E-state index in [1.165, 1.54) is 12.8 Å². The van der Waals surface area contributed by atoms with Crippen molar-refractivity contribution in [3.05, 3.63) is 60.0 Å². The number of anilines is 2. The van der Waals surface area contributed by atoms with Gasteiger partial charge in [0.15, 0.2) is 5.13 Å². The summed E-state index contributed by atoms with van der Waals surface area (Å²) in [4.78, 5) is 24.2. The molecule has 0 spiro atoms. The summed E-state index contributed by atoms with van der Waals surface area (Å²) < 4.78 is 6.84. The third-order valence-corrected chi connectivity index (χ3v) is 6.36. The molecular formula is C23H22N4O2S. The normalized spacial score (nSPS) is 13.8. The first kappa shape index (κ1) is 18.8. The summed E-state index contributed by atoms with van der Waals surface area (Å²) >= 11 is 1.68. The van der Waals surface area contributed by atoms with Gasteiger partial charge in [0, 0.05) is 24.3 Å². The molecule has 2 aromatic carbocycles. The lowest BCUT2D eigenvalue weighted by molar-refractivity contribution is -0.115. The number of thiazole rings is 1. The third kappa shape index (κ3) is 3.80. The predicted molar refractivity (Wildman–Crippen MR) is 120 cm³/mol. The van der Waals surface area contributed by atoms with Crippen LogP contribution in [0.15, 0.2) is 52.9 Å². The van der Waals surface area contributed by atoms with Crippen LogP contribution < -0.4 is 10.2 Å². The molecule has 1 aliphatic heterocycles. The number of amides is 1. The SMILES string of the molecule is Cc1oc(-c2ccccc2)nc1CC(=O)Nc1ccc2nc(N3CCCC3)sc2c1. The van der Waals surface area contributed by atoms with Gasteiger partial charge in [-0.3, -0.25) is 4.79 Å². The quantitative estimate of drug-likeness (QED) is 0.492. The second kappa shape index (κ2) is 7.91. The van der Waals surface area contributed by atoms with Crippen LogP contribution in [0.2, 0.25) is 0 Å². The fourth-order valence-corrected chi connectivity index (χ4v) is 4.74. The molecule has 152 valence electrons. The monoisotopic (exact) mass is 418 g/mol. The van der Waals surface area contributed by atoms with E-state index in [1.807, 2.05) is 55.5 Å². The van der Waals surface area contributed by atoms with Gasteiger partial charge in [-0.05, 0) is 50.1 Å². The van der Waals surface area contributed by atoms with Crippen LogP contribution in [0.25, 0.3) is 21.7 Å². The van der Waals surface area contributed by atoms with E-state index in [4.69, 9.17) is 9.40 Å². The van der Waals surface area contributed by atoms with E-state index in [9.17, 15) is 4.79 Å². The molecule has 7 heteroatoms. The van der Waals surface area contributed by atoms with Crippen molar-refractivity contribution in [3.8, 4) is 11.5 Å². The fraction of sp³-hybridized carbons (Fsp3) is 0.261. The molecule has 0 aliphatic carbocycles. The van der Waals surface area contributed by atoms with E-state index in [1.54, 1.807) is 11.3 Å². The molecule has 0 radical (unpaired) electrons. The summed E-state index contributed by atoms with van der Waals surface area (Å²) in [5.41, 5.74) is 3.30. The van der Waals surface area contributed by atoms with Crippen molar-refractivity contribution in [2.24, 2.45) is 0 Å². The minimum Gasteiger partial charge on any atom is -0.441 e. The molecule has 4 aromatic rings. The van der Waals surface area contributed by atoms with Gasteiger partial charge in [0.05, 0.1) is 22.3 Å². The van der Waals surface area contributed by atoms with Crippen LogP contribution >= 0.6 is 11.3 Å². The molecule has 6 nitrogen and oxygen atoms in total. The molecule has 5 rings (SSSR count). The molecule has 1 aliphatic rings. The van der Waals surface area contributed by atoms with Crippen LogP contribution in [0.1, 0.15) is 24.3 Å². The van der Waals surface area contributed by atoms with Crippen molar-refractivity contribution in [1.82, 2.24) is 9.97 Å². The van der Waals surface area contributed by atoms with Gasteiger partial charge in [-0.2, -0.15) is 0 Å². The Labute approximate surface area is 178 Å². The molecule has 30 heavy (non-hydrogen) atoms. The summed E-state index contributed by atoms with van der Waals surface area (Å²) in [7, 11) is 0. The zero-order valence-electron chi connectivity index (χ0n) is 16.7. The molecule has 3 heterocycles. The van der Waals surface area contributed by atoms with Crippen LogP contribution in [-0.4, -0.2) is 29.0 Å². The van der Waals surface area contributed by atoms with Crippen molar-refractivity contribution in [3.63, 3.8) is 0 Å². The maximum Gasteiger partial charge on any atom is 0.230 e. The summed E-state index contributed by atoms with van der Waals surface area (Å²) in [6.07, 6.45) is 2.62. The number of aromatic nitrogens is 2. The van der Waals surface area contributed by atoms with Crippen molar-refractivity contribution >= 4 is 38.3 Å². The Balaban J connectivity index is 1.29. The Hall–Kier alpha value is -3.19. The van der Waals surface area contributed by atoms with Crippen LogP contribution in [0, 0.1) is 6.92 Å². The van der Waals surface area contributed by atoms with Crippen LogP contribution in [0.5, 0.6) is 0 Å². The Morgan fingerprint density at radius 1 is 1.13 bits per heavy atom. The summed E-state index contributed by atoms with van der Waals surface area (Å²) in [5, 5.41) is 4.05. The smallest absolute Gasteiger partial charge is 0.230 e. The standard InChI is InChI=1S/C23H22N4O2S/c1-15-19(25-22(29-15)16-7-3-2-4-8-16)14-21(28)24-17-9-10-18-20(13-17)30-23(26-18)27-11-5-6-12-27/h2-4,7-10,13H,5-6,11-12,14H2,1H3,(H,24,28). The number of oxazole rings is 1. The average molecular weight is 419 g/mol. The Kier molecular flexibility index (Phi) is 4.96. The molecule has 1 N–H and O–H groups in total. The molecule has 0 unspecified atom stereocenters. The molecule has 0 bridgehead atoms. The van der Waals surface area contributed by atoms with E-state index >= 15 is 0 Å². The highest BCUT2D eigenvalue weighted by Crippen LogP contribution is 2.32. The van der Waals surface area contributed by atoms with Gasteiger partial charge in [0.1, 0.15) is 5.76 Å². The average Bonchev–Trinajstić information content (AvgIpc) is 3.48. The second-order valence-electron chi connectivity index (χ2n) is 7.49. The van der Waals surface area contributed by atoms with Crippen LogP contribution in [-0.2, 0) is 11.2 Å². The molecule has 0 saturated carbocycles. The number of carbonyl (C=O) groups excluding carboxylic acids is 1. The third-order valence-electron chi connectivity index (χ3n) is 5.28. The molecule has 0 atom stereocenters. The Morgan fingerprint density at radius 3 is 2.73 bits per heavy atom. The van der Waals surface area contributed by atoms with Gasteiger partial charge < -0.3 is 14.6 Å². The zero-order chi connectivity index (χ0) is 20.5. The maximum atomic E-state index is 12.6. The van der Waals surface area contributed by atoms with Crippen molar-refractivity contribution < 1.29 is 9.21 Å². The molecule has 1 saturated heterocycles. The second-order valence-corrected chi connectivity index (χ2v) is 8.50. The van der Waals surface area contributed by atoms with Gasteiger partial charge in [-0.15, -0.1) is 0 Å². The Morgan fingerprint density at radius 2 is 1.93 bits per heavy atom. The number of hydrogen-bond acceptors (Lipinski definition) is 6. The first-order valence-corrected chi connectivity index (χ1v) is 10.9. The van der Waals surface area contributed by atoms with Crippen LogP contribution in [0.4, 0.5) is 10.8 Å². The van der Waals surface area contributed by atoms with Crippen molar-refractivity contribution in [2.75, 3.05) is 23.3 Å². The highest BCUT2D eigenvalue weighted by Gasteiger charge is 2.17. The number of hydrogen-bond donors (Lipinski definition) is 1. The fourth-order valence-electron chi connectivity index (χ4n) is 3.69. The number of carbonyl (C=O) groups is 1. The first-order valence-electron chi connectivity index (χ1n) is 10.1. The van der Waals surface area contributed by atoms with Crippen molar-refractivity contribution in [2.45, 2.75) is 26.2 Å². The van der Waals surface area contributed by atoms with Gasteiger partial charge >= 0.3 is 0 Å². The van der Waals surface area contributed by atoms with Gasteiger partial charge in [-0.1, -0.05) is 29.5 Å². The molecule has 1 amide bonds. The minimum absolute atomic E-state index is 0.116. The van der Waals surface area contributed by atoms with E-state index in [0.29, 0.717) is 17.3 Å². The lowest BCUT2D eigenvalue weighted by atomic mass is 10.2. The van der Waals surface area contributed by atoms with E-state index < -0.39 is 0 Å². The largest absolute Gasteiger partial charge is 0.441 e. The van der Waals surface area contributed by atoms with E-state index in [-0.39, 0.29) is 12.3 Å². The Bertz CT molecular complexity index is 1190. The highest BCUT2D eigenvalue weighted by molar-refractivity contribution is 7.22. The van der Waals surface area contributed by atoms with Crippen LogP contribution in [0.3, 0.4) is 0 Å². The number of aryl methyl sites for hydroxylation is 1. The van der Waals surface area contributed by atoms with Gasteiger partial charge in [0.25, 0.3) is 0 Å². The number of nitrogens with zero attached hydrogens (tertiary/aromatic N) is 3. The molecule has 1 fully saturated rings. The maximum absolute atomic E-state index is 12.6.